The van der Waals surface area contributed by atoms with Crippen molar-refractivity contribution in [1.82, 2.24) is 19.8 Å². The fourth-order valence-corrected chi connectivity index (χ4v) is 4.30. The average molecular weight is 391 g/mol. The molecule has 1 N–H and O–H groups in total. The summed E-state index contributed by atoms with van der Waals surface area (Å²) >= 11 is 0. The lowest BCUT2D eigenvalue weighted by molar-refractivity contribution is -0.123. The first kappa shape index (κ1) is 19.6. The highest BCUT2D eigenvalue weighted by Gasteiger charge is 2.19. The summed E-state index contributed by atoms with van der Waals surface area (Å²) < 4.78 is 1.94. The molecule has 152 valence electrons. The first-order chi connectivity index (χ1) is 14.1. The van der Waals surface area contributed by atoms with Crippen molar-refractivity contribution < 1.29 is 4.79 Å². The Labute approximate surface area is 172 Å². The Morgan fingerprint density at radius 3 is 2.76 bits per heavy atom. The van der Waals surface area contributed by atoms with Crippen LogP contribution in [0.5, 0.6) is 0 Å². The summed E-state index contributed by atoms with van der Waals surface area (Å²) in [6.45, 7) is 8.08. The number of hydrogen-bond acceptors (Lipinski definition) is 3. The number of fused-ring (bicyclic) bond motifs is 1. The van der Waals surface area contributed by atoms with Crippen LogP contribution < -0.4 is 5.32 Å². The highest BCUT2D eigenvalue weighted by molar-refractivity contribution is 5.83. The number of nitrogens with zero attached hydrogens (tertiary/aromatic N) is 3. The van der Waals surface area contributed by atoms with E-state index >= 15 is 0 Å². The lowest BCUT2D eigenvalue weighted by Crippen LogP contribution is -2.34. The summed E-state index contributed by atoms with van der Waals surface area (Å²) in [7, 11) is 0. The third-order valence-corrected chi connectivity index (χ3v) is 5.98. The second kappa shape index (κ2) is 8.78. The molecule has 1 saturated heterocycles. The number of likely N-dealkylation sites (tertiary alicyclic amines) is 1. The van der Waals surface area contributed by atoms with Gasteiger partial charge in [0, 0.05) is 19.6 Å². The zero-order chi connectivity index (χ0) is 20.2. The standard InChI is InChI=1S/C24H30N4O/c1-18-8-7-13-27(15-18)16-21-10-4-3-9-20(21)14-25-24(29)19(2)28-17-26-22-11-5-6-12-23(22)28/h3-6,9-12,17-19H,7-8,13-16H2,1-2H3,(H,25,29)/t18-,19-/m1/s1. The zero-order valence-corrected chi connectivity index (χ0v) is 17.3. The molecule has 1 aliphatic heterocycles. The number of piperidine rings is 1. The smallest absolute Gasteiger partial charge is 0.243 e. The van der Waals surface area contributed by atoms with E-state index in [0.717, 1.165) is 36.6 Å². The third kappa shape index (κ3) is 4.51. The molecule has 0 bridgehead atoms. The predicted molar refractivity (Wildman–Crippen MR) is 116 cm³/mol. The van der Waals surface area contributed by atoms with Gasteiger partial charge in [-0.3, -0.25) is 9.69 Å². The van der Waals surface area contributed by atoms with Crippen molar-refractivity contribution >= 4 is 16.9 Å². The number of imidazole rings is 1. The third-order valence-electron chi connectivity index (χ3n) is 5.98. The Morgan fingerprint density at radius 1 is 1.17 bits per heavy atom. The lowest BCUT2D eigenvalue weighted by Gasteiger charge is -2.31. The van der Waals surface area contributed by atoms with Gasteiger partial charge in [0.05, 0.1) is 17.4 Å². The minimum absolute atomic E-state index is 0.00884. The zero-order valence-electron chi connectivity index (χ0n) is 17.3. The summed E-state index contributed by atoms with van der Waals surface area (Å²) in [5, 5.41) is 3.13. The molecule has 2 heterocycles. The van der Waals surface area contributed by atoms with Crippen LogP contribution in [-0.4, -0.2) is 33.4 Å². The highest BCUT2D eigenvalue weighted by Crippen LogP contribution is 2.20. The second-order valence-electron chi connectivity index (χ2n) is 8.29. The minimum Gasteiger partial charge on any atom is -0.350 e. The van der Waals surface area contributed by atoms with Gasteiger partial charge < -0.3 is 9.88 Å². The number of amides is 1. The number of carbonyl (C=O) groups is 1. The fourth-order valence-electron chi connectivity index (χ4n) is 4.30. The molecule has 5 heteroatoms. The van der Waals surface area contributed by atoms with Gasteiger partial charge in [0.15, 0.2) is 0 Å². The number of nitrogens with one attached hydrogen (secondary N) is 1. The van der Waals surface area contributed by atoms with Gasteiger partial charge in [0.2, 0.25) is 5.91 Å². The summed E-state index contributed by atoms with van der Waals surface area (Å²) in [5.74, 6) is 0.774. The monoisotopic (exact) mass is 390 g/mol. The lowest BCUT2D eigenvalue weighted by atomic mass is 9.99. The molecule has 0 spiro atoms. The molecule has 1 aromatic heterocycles. The summed E-state index contributed by atoms with van der Waals surface area (Å²) in [6.07, 6.45) is 4.35. The van der Waals surface area contributed by atoms with E-state index in [1.807, 2.05) is 35.8 Å². The van der Waals surface area contributed by atoms with E-state index in [0.29, 0.717) is 6.54 Å². The van der Waals surface area contributed by atoms with Crippen molar-refractivity contribution in [2.75, 3.05) is 13.1 Å². The fraction of sp³-hybridized carbons (Fsp3) is 0.417. The van der Waals surface area contributed by atoms with Gasteiger partial charge in [-0.2, -0.15) is 0 Å². The minimum atomic E-state index is -0.308. The van der Waals surface area contributed by atoms with Crippen LogP contribution in [-0.2, 0) is 17.9 Å². The van der Waals surface area contributed by atoms with Crippen molar-refractivity contribution in [2.24, 2.45) is 5.92 Å². The molecule has 0 radical (unpaired) electrons. The van der Waals surface area contributed by atoms with Crippen LogP contribution in [0.1, 0.15) is 43.9 Å². The number of rotatable bonds is 6. The van der Waals surface area contributed by atoms with Crippen LogP contribution in [0.15, 0.2) is 54.9 Å². The summed E-state index contributed by atoms with van der Waals surface area (Å²) in [6, 6.07) is 16.1. The highest BCUT2D eigenvalue weighted by atomic mass is 16.2. The van der Waals surface area contributed by atoms with Crippen molar-refractivity contribution in [3.63, 3.8) is 0 Å². The maximum atomic E-state index is 12.8. The molecule has 2 atom stereocenters. The molecular formula is C24H30N4O. The van der Waals surface area contributed by atoms with E-state index in [2.05, 4.69) is 46.4 Å². The molecule has 0 unspecified atom stereocenters. The molecule has 1 fully saturated rings. The van der Waals surface area contributed by atoms with E-state index in [4.69, 9.17) is 0 Å². The quantitative estimate of drug-likeness (QED) is 0.688. The number of hydrogen-bond donors (Lipinski definition) is 1. The van der Waals surface area contributed by atoms with Crippen LogP contribution in [0.4, 0.5) is 0 Å². The second-order valence-corrected chi connectivity index (χ2v) is 8.29. The number of carbonyl (C=O) groups excluding carboxylic acids is 1. The van der Waals surface area contributed by atoms with Crippen LogP contribution in [0.3, 0.4) is 0 Å². The molecule has 1 amide bonds. The van der Waals surface area contributed by atoms with E-state index in [-0.39, 0.29) is 11.9 Å². The van der Waals surface area contributed by atoms with Crippen LogP contribution in [0, 0.1) is 5.92 Å². The van der Waals surface area contributed by atoms with Crippen LogP contribution >= 0.6 is 0 Å². The SMILES string of the molecule is C[C@@H]1CCCN(Cc2ccccc2CNC(=O)[C@@H](C)n2cnc3ccccc32)C1. The predicted octanol–water partition coefficient (Wildman–Crippen LogP) is 4.15. The van der Waals surface area contributed by atoms with Crippen molar-refractivity contribution in [2.45, 2.75) is 45.8 Å². The molecule has 5 nitrogen and oxygen atoms in total. The topological polar surface area (TPSA) is 50.2 Å². The van der Waals surface area contributed by atoms with E-state index in [9.17, 15) is 4.79 Å². The number of aromatic nitrogens is 2. The largest absolute Gasteiger partial charge is 0.350 e. The van der Waals surface area contributed by atoms with Crippen LogP contribution in [0.2, 0.25) is 0 Å². The van der Waals surface area contributed by atoms with Crippen LogP contribution in [0.25, 0.3) is 11.0 Å². The molecule has 0 aliphatic carbocycles. The normalized spacial score (nSPS) is 18.6. The maximum absolute atomic E-state index is 12.8. The first-order valence-corrected chi connectivity index (χ1v) is 10.6. The van der Waals surface area contributed by atoms with Gasteiger partial charge in [0.25, 0.3) is 0 Å². The summed E-state index contributed by atoms with van der Waals surface area (Å²) in [5.41, 5.74) is 4.40. The van der Waals surface area contributed by atoms with Crippen molar-refractivity contribution in [3.8, 4) is 0 Å². The van der Waals surface area contributed by atoms with Crippen molar-refractivity contribution in [3.05, 3.63) is 66.0 Å². The van der Waals surface area contributed by atoms with Gasteiger partial charge in [-0.05, 0) is 55.5 Å². The van der Waals surface area contributed by atoms with Gasteiger partial charge >= 0.3 is 0 Å². The van der Waals surface area contributed by atoms with Gasteiger partial charge in [-0.1, -0.05) is 43.3 Å². The molecular weight excluding hydrogens is 360 g/mol. The van der Waals surface area contributed by atoms with Gasteiger partial charge in [-0.15, -0.1) is 0 Å². The first-order valence-electron chi connectivity index (χ1n) is 10.6. The Bertz CT molecular complexity index is 980. The van der Waals surface area contributed by atoms with Gasteiger partial charge in [0.1, 0.15) is 6.04 Å². The Morgan fingerprint density at radius 2 is 1.93 bits per heavy atom. The maximum Gasteiger partial charge on any atom is 0.243 e. The van der Waals surface area contributed by atoms with E-state index in [1.165, 1.54) is 24.0 Å². The number of benzene rings is 2. The van der Waals surface area contributed by atoms with E-state index < -0.39 is 0 Å². The molecule has 1 aliphatic rings. The molecule has 29 heavy (non-hydrogen) atoms. The Balaban J connectivity index is 1.41. The Kier molecular flexibility index (Phi) is 5.95. The molecule has 2 aromatic carbocycles. The summed E-state index contributed by atoms with van der Waals surface area (Å²) in [4.78, 5) is 19.8. The molecule has 3 aromatic rings. The molecule has 4 rings (SSSR count). The molecule has 0 saturated carbocycles. The van der Waals surface area contributed by atoms with Gasteiger partial charge in [-0.25, -0.2) is 4.98 Å². The number of para-hydroxylation sites is 2. The van der Waals surface area contributed by atoms with E-state index in [1.54, 1.807) is 6.33 Å². The Hall–Kier alpha value is -2.66. The van der Waals surface area contributed by atoms with Crippen molar-refractivity contribution in [1.29, 1.82) is 0 Å². The average Bonchev–Trinajstić information content (AvgIpc) is 3.16.